The molecule has 90 valence electrons. The molecule has 0 spiro atoms. The van der Waals surface area contributed by atoms with Crippen molar-refractivity contribution < 1.29 is 5.11 Å². The van der Waals surface area contributed by atoms with Gasteiger partial charge in [-0.05, 0) is 26.3 Å². The van der Waals surface area contributed by atoms with Crippen LogP contribution in [0.3, 0.4) is 0 Å². The maximum atomic E-state index is 9.47. The normalized spacial score (nSPS) is 27.2. The second-order valence-corrected chi connectivity index (χ2v) is 5.39. The summed E-state index contributed by atoms with van der Waals surface area (Å²) in [6.45, 7) is 10.6. The molecule has 0 aliphatic carbocycles. The quantitative estimate of drug-likeness (QED) is 0.757. The Morgan fingerprint density at radius 3 is 2.47 bits per heavy atom. The van der Waals surface area contributed by atoms with E-state index in [-0.39, 0.29) is 6.10 Å². The van der Waals surface area contributed by atoms with Gasteiger partial charge in [-0.2, -0.15) is 0 Å². The maximum Gasteiger partial charge on any atom is 0.0639 e. The number of hydrogen-bond donors (Lipinski definition) is 1. The molecule has 0 saturated carbocycles. The largest absolute Gasteiger partial charge is 0.392 e. The van der Waals surface area contributed by atoms with Gasteiger partial charge in [0.2, 0.25) is 0 Å². The third-order valence-electron chi connectivity index (χ3n) is 3.05. The molecule has 2 atom stereocenters. The Labute approximate surface area is 94.1 Å². The third kappa shape index (κ3) is 4.49. The van der Waals surface area contributed by atoms with Gasteiger partial charge in [-0.25, -0.2) is 0 Å². The number of β-amino-alcohol motifs (C(OH)–C–C–N with tert-alkyl or cyclic N) is 1. The van der Waals surface area contributed by atoms with Crippen molar-refractivity contribution >= 4 is 0 Å². The molecule has 1 rings (SSSR count). The number of likely N-dealkylation sites (N-methyl/N-ethyl adjacent to an activating group) is 1. The van der Waals surface area contributed by atoms with E-state index < -0.39 is 0 Å². The Bertz CT molecular complexity index is 180. The molecule has 1 N–H and O–H groups in total. The molecular weight excluding hydrogens is 188 g/mol. The molecule has 2 unspecified atom stereocenters. The van der Waals surface area contributed by atoms with E-state index in [1.165, 1.54) is 6.42 Å². The minimum atomic E-state index is -0.205. The van der Waals surface area contributed by atoms with Gasteiger partial charge in [0.15, 0.2) is 0 Å². The van der Waals surface area contributed by atoms with Crippen molar-refractivity contribution in [2.24, 2.45) is 5.92 Å². The number of hydrogen-bond acceptors (Lipinski definition) is 3. The lowest BCUT2D eigenvalue weighted by atomic mass is 10.00. The van der Waals surface area contributed by atoms with Crippen molar-refractivity contribution in [2.45, 2.75) is 39.3 Å². The van der Waals surface area contributed by atoms with E-state index in [4.69, 9.17) is 0 Å². The third-order valence-corrected chi connectivity index (χ3v) is 3.05. The van der Waals surface area contributed by atoms with Crippen molar-refractivity contribution in [1.82, 2.24) is 9.80 Å². The van der Waals surface area contributed by atoms with E-state index in [9.17, 15) is 5.11 Å². The Balaban J connectivity index is 2.50. The summed E-state index contributed by atoms with van der Waals surface area (Å²) in [4.78, 5) is 4.84. The second-order valence-electron chi connectivity index (χ2n) is 5.39. The van der Waals surface area contributed by atoms with E-state index in [0.29, 0.717) is 6.04 Å². The molecule has 3 nitrogen and oxygen atoms in total. The van der Waals surface area contributed by atoms with Gasteiger partial charge in [0.25, 0.3) is 0 Å². The topological polar surface area (TPSA) is 26.7 Å². The number of piperazine rings is 1. The first kappa shape index (κ1) is 12.9. The van der Waals surface area contributed by atoms with Crippen LogP contribution in [0.2, 0.25) is 0 Å². The zero-order valence-corrected chi connectivity index (χ0v) is 10.6. The summed E-state index contributed by atoms with van der Waals surface area (Å²) in [7, 11) is 2.19. The summed E-state index contributed by atoms with van der Waals surface area (Å²) in [5.74, 6) is 0.734. The van der Waals surface area contributed by atoms with E-state index in [2.05, 4.69) is 30.7 Å². The van der Waals surface area contributed by atoms with Crippen LogP contribution < -0.4 is 0 Å². The molecule has 1 saturated heterocycles. The van der Waals surface area contributed by atoms with E-state index in [1.807, 2.05) is 6.92 Å². The van der Waals surface area contributed by atoms with Crippen molar-refractivity contribution in [3.05, 3.63) is 0 Å². The first-order chi connectivity index (χ1) is 6.99. The molecule has 0 amide bonds. The molecule has 0 aromatic carbocycles. The fourth-order valence-corrected chi connectivity index (χ4v) is 2.40. The van der Waals surface area contributed by atoms with Crippen LogP contribution in [0, 0.1) is 5.92 Å². The van der Waals surface area contributed by atoms with Crippen LogP contribution in [0.1, 0.15) is 27.2 Å². The van der Waals surface area contributed by atoms with Gasteiger partial charge in [-0.1, -0.05) is 13.8 Å². The predicted octanol–water partition coefficient (Wildman–Crippen LogP) is 1.03. The van der Waals surface area contributed by atoms with E-state index in [0.717, 1.165) is 32.1 Å². The SMILES string of the molecule is CC(C)CC1CN(C)CCN1CC(C)O. The van der Waals surface area contributed by atoms with Gasteiger partial charge in [0, 0.05) is 32.2 Å². The van der Waals surface area contributed by atoms with E-state index >= 15 is 0 Å². The highest BCUT2D eigenvalue weighted by Gasteiger charge is 2.26. The molecule has 1 fully saturated rings. The Morgan fingerprint density at radius 1 is 1.27 bits per heavy atom. The van der Waals surface area contributed by atoms with Gasteiger partial charge in [0.1, 0.15) is 0 Å². The maximum absolute atomic E-state index is 9.47. The predicted molar refractivity (Wildman–Crippen MR) is 64.0 cm³/mol. The molecule has 3 heteroatoms. The average Bonchev–Trinajstić information content (AvgIpc) is 2.08. The number of aliphatic hydroxyl groups is 1. The molecule has 0 aromatic rings. The van der Waals surface area contributed by atoms with Gasteiger partial charge < -0.3 is 10.0 Å². The lowest BCUT2D eigenvalue weighted by Crippen LogP contribution is -2.53. The molecule has 1 aliphatic rings. The van der Waals surface area contributed by atoms with Gasteiger partial charge in [-0.15, -0.1) is 0 Å². The van der Waals surface area contributed by atoms with Crippen molar-refractivity contribution in [3.8, 4) is 0 Å². The first-order valence-corrected chi connectivity index (χ1v) is 6.09. The lowest BCUT2D eigenvalue weighted by molar-refractivity contribution is 0.0389. The second kappa shape index (κ2) is 5.83. The van der Waals surface area contributed by atoms with Crippen LogP contribution in [-0.4, -0.2) is 60.3 Å². The monoisotopic (exact) mass is 214 g/mol. The standard InChI is InChI=1S/C12H26N2O/c1-10(2)7-12-9-13(4)5-6-14(12)8-11(3)15/h10-12,15H,5-9H2,1-4H3. The molecule has 15 heavy (non-hydrogen) atoms. The molecule has 0 bridgehead atoms. The highest BCUT2D eigenvalue weighted by Crippen LogP contribution is 2.16. The smallest absolute Gasteiger partial charge is 0.0639 e. The van der Waals surface area contributed by atoms with Crippen LogP contribution in [0.4, 0.5) is 0 Å². The van der Waals surface area contributed by atoms with Crippen LogP contribution >= 0.6 is 0 Å². The molecular formula is C12H26N2O. The summed E-state index contributed by atoms with van der Waals surface area (Å²) >= 11 is 0. The van der Waals surface area contributed by atoms with E-state index in [1.54, 1.807) is 0 Å². The number of rotatable bonds is 4. The van der Waals surface area contributed by atoms with Gasteiger partial charge in [-0.3, -0.25) is 4.90 Å². The highest BCUT2D eigenvalue weighted by atomic mass is 16.3. The average molecular weight is 214 g/mol. The summed E-state index contributed by atoms with van der Waals surface area (Å²) in [5.41, 5.74) is 0. The first-order valence-electron chi connectivity index (χ1n) is 6.09. The summed E-state index contributed by atoms with van der Waals surface area (Å²) in [6, 6.07) is 0.623. The summed E-state index contributed by atoms with van der Waals surface area (Å²) < 4.78 is 0. The summed E-state index contributed by atoms with van der Waals surface area (Å²) in [6.07, 6.45) is 1.03. The van der Waals surface area contributed by atoms with Crippen molar-refractivity contribution in [1.29, 1.82) is 0 Å². The molecule has 0 radical (unpaired) electrons. The van der Waals surface area contributed by atoms with Crippen LogP contribution in [0.15, 0.2) is 0 Å². The molecule has 0 aromatic heterocycles. The Kier molecular flexibility index (Phi) is 5.03. The molecule has 1 heterocycles. The Morgan fingerprint density at radius 2 is 1.93 bits per heavy atom. The minimum absolute atomic E-state index is 0.205. The minimum Gasteiger partial charge on any atom is -0.392 e. The fraction of sp³-hybridized carbons (Fsp3) is 1.00. The number of nitrogens with zero attached hydrogens (tertiary/aromatic N) is 2. The van der Waals surface area contributed by atoms with Gasteiger partial charge >= 0.3 is 0 Å². The fourth-order valence-electron chi connectivity index (χ4n) is 2.40. The van der Waals surface area contributed by atoms with Crippen molar-refractivity contribution in [2.75, 3.05) is 33.2 Å². The van der Waals surface area contributed by atoms with Gasteiger partial charge in [0.05, 0.1) is 6.10 Å². The lowest BCUT2D eigenvalue weighted by Gasteiger charge is -2.41. The van der Waals surface area contributed by atoms with Crippen LogP contribution in [0.5, 0.6) is 0 Å². The molecule has 1 aliphatic heterocycles. The highest BCUT2D eigenvalue weighted by molar-refractivity contribution is 4.82. The summed E-state index contributed by atoms with van der Waals surface area (Å²) in [5, 5.41) is 9.47. The zero-order valence-electron chi connectivity index (χ0n) is 10.6. The van der Waals surface area contributed by atoms with Crippen LogP contribution in [0.25, 0.3) is 0 Å². The van der Waals surface area contributed by atoms with Crippen LogP contribution in [-0.2, 0) is 0 Å². The number of aliphatic hydroxyl groups excluding tert-OH is 1. The zero-order chi connectivity index (χ0) is 11.4. The van der Waals surface area contributed by atoms with Crippen molar-refractivity contribution in [3.63, 3.8) is 0 Å². The Hall–Kier alpha value is -0.120.